The number of hydrogen-bond acceptors (Lipinski definition) is 4. The van der Waals surface area contributed by atoms with Crippen LogP contribution in [0.3, 0.4) is 0 Å². The number of para-hydroxylation sites is 1. The molecule has 0 aliphatic rings. The molecule has 0 saturated heterocycles. The van der Waals surface area contributed by atoms with Gasteiger partial charge in [-0.3, -0.25) is 14.9 Å². The highest BCUT2D eigenvalue weighted by Gasteiger charge is 2.14. The van der Waals surface area contributed by atoms with Crippen LogP contribution in [0.4, 0.5) is 5.69 Å². The van der Waals surface area contributed by atoms with Crippen LogP contribution < -0.4 is 20.7 Å². The summed E-state index contributed by atoms with van der Waals surface area (Å²) < 4.78 is 5.64. The topological polar surface area (TPSA) is 79.5 Å². The summed E-state index contributed by atoms with van der Waals surface area (Å²) in [7, 11) is 0. The minimum atomic E-state index is -0.369. The van der Waals surface area contributed by atoms with E-state index in [1.165, 1.54) is 0 Å². The molecule has 0 aromatic heterocycles. The lowest BCUT2D eigenvalue weighted by atomic mass is 10.1. The van der Waals surface area contributed by atoms with Crippen LogP contribution >= 0.6 is 12.2 Å². The van der Waals surface area contributed by atoms with Crippen molar-refractivity contribution in [1.29, 1.82) is 0 Å². The molecule has 2 amide bonds. The number of carbonyl (C=O) groups is 2. The average molecular weight is 462 g/mol. The average Bonchev–Trinajstić information content (AvgIpc) is 2.79. The smallest absolute Gasteiger partial charge is 0.257 e. The Bertz CT molecular complexity index is 1120. The van der Waals surface area contributed by atoms with E-state index in [2.05, 4.69) is 16.0 Å². The largest absolute Gasteiger partial charge is 0.491 e. The van der Waals surface area contributed by atoms with Crippen molar-refractivity contribution < 1.29 is 14.3 Å². The van der Waals surface area contributed by atoms with Crippen molar-refractivity contribution in [3.8, 4) is 5.75 Å². The molecule has 0 spiro atoms. The lowest BCUT2D eigenvalue weighted by molar-refractivity contribution is 0.0953. The van der Waals surface area contributed by atoms with E-state index in [4.69, 9.17) is 17.0 Å². The number of nitrogens with one attached hydrogen (secondary N) is 3. The van der Waals surface area contributed by atoms with Crippen LogP contribution in [0.15, 0.2) is 78.9 Å². The second kappa shape index (κ2) is 11.8. The summed E-state index contributed by atoms with van der Waals surface area (Å²) in [5.41, 5.74) is 2.52. The van der Waals surface area contributed by atoms with Crippen molar-refractivity contribution in [3.63, 3.8) is 0 Å². The normalized spacial score (nSPS) is 10.4. The quantitative estimate of drug-likeness (QED) is 0.428. The summed E-state index contributed by atoms with van der Waals surface area (Å²) in [5, 5.41) is 8.63. The molecule has 170 valence electrons. The van der Waals surface area contributed by atoms with E-state index >= 15 is 0 Å². The predicted octanol–water partition coefficient (Wildman–Crippen LogP) is 4.57. The van der Waals surface area contributed by atoms with Crippen molar-refractivity contribution in [1.82, 2.24) is 10.6 Å². The first-order chi connectivity index (χ1) is 15.9. The molecule has 3 N–H and O–H groups in total. The summed E-state index contributed by atoms with van der Waals surface area (Å²) in [4.78, 5) is 25.3. The zero-order valence-electron chi connectivity index (χ0n) is 18.6. The van der Waals surface area contributed by atoms with Crippen LogP contribution in [0.5, 0.6) is 5.75 Å². The fraction of sp³-hybridized carbons (Fsp3) is 0.192. The molecule has 0 heterocycles. The van der Waals surface area contributed by atoms with Crippen LogP contribution in [-0.2, 0) is 6.42 Å². The van der Waals surface area contributed by atoms with E-state index < -0.39 is 0 Å². The van der Waals surface area contributed by atoms with Crippen LogP contribution in [0.25, 0.3) is 0 Å². The number of amides is 2. The maximum Gasteiger partial charge on any atom is 0.257 e. The fourth-order valence-corrected chi connectivity index (χ4v) is 3.36. The van der Waals surface area contributed by atoms with Crippen LogP contribution in [-0.4, -0.2) is 29.6 Å². The van der Waals surface area contributed by atoms with Gasteiger partial charge in [-0.05, 0) is 68.4 Å². The maximum atomic E-state index is 12.7. The molecule has 3 aromatic carbocycles. The van der Waals surface area contributed by atoms with Gasteiger partial charge in [0.1, 0.15) is 5.75 Å². The third-order valence-corrected chi connectivity index (χ3v) is 4.86. The molecule has 0 aliphatic carbocycles. The van der Waals surface area contributed by atoms with Crippen LogP contribution in [0, 0.1) is 0 Å². The van der Waals surface area contributed by atoms with Crippen molar-refractivity contribution >= 4 is 34.8 Å². The monoisotopic (exact) mass is 461 g/mol. The minimum Gasteiger partial charge on any atom is -0.491 e. The number of benzene rings is 3. The van der Waals surface area contributed by atoms with E-state index in [1.807, 2.05) is 44.2 Å². The van der Waals surface area contributed by atoms with Crippen LogP contribution in [0.2, 0.25) is 0 Å². The van der Waals surface area contributed by atoms with Gasteiger partial charge in [0, 0.05) is 12.1 Å². The predicted molar refractivity (Wildman–Crippen MR) is 135 cm³/mol. The molecule has 3 aromatic rings. The summed E-state index contributed by atoms with van der Waals surface area (Å²) >= 11 is 5.31. The lowest BCUT2D eigenvalue weighted by Gasteiger charge is -2.14. The molecule has 0 atom stereocenters. The highest BCUT2D eigenvalue weighted by atomic mass is 32.1. The molecular formula is C26H27N3O3S. The fourth-order valence-electron chi connectivity index (χ4n) is 3.16. The Morgan fingerprint density at radius 2 is 1.64 bits per heavy atom. The summed E-state index contributed by atoms with van der Waals surface area (Å²) in [6.45, 7) is 4.34. The van der Waals surface area contributed by atoms with Gasteiger partial charge >= 0.3 is 0 Å². The third-order valence-electron chi connectivity index (χ3n) is 4.66. The van der Waals surface area contributed by atoms with Gasteiger partial charge in [-0.2, -0.15) is 0 Å². The number of carbonyl (C=O) groups excluding carboxylic acids is 2. The highest BCUT2D eigenvalue weighted by Crippen LogP contribution is 2.16. The molecule has 0 aliphatic heterocycles. The molecule has 33 heavy (non-hydrogen) atoms. The van der Waals surface area contributed by atoms with Crippen LogP contribution in [0.1, 0.15) is 40.1 Å². The van der Waals surface area contributed by atoms with Gasteiger partial charge in [0.2, 0.25) is 0 Å². The van der Waals surface area contributed by atoms with E-state index in [1.54, 1.807) is 48.5 Å². The summed E-state index contributed by atoms with van der Waals surface area (Å²) in [6.07, 6.45) is 0.734. The number of ether oxygens (including phenoxy) is 1. The van der Waals surface area contributed by atoms with Gasteiger partial charge < -0.3 is 15.4 Å². The zero-order chi connectivity index (χ0) is 23.6. The van der Waals surface area contributed by atoms with Gasteiger partial charge in [0.05, 0.1) is 17.4 Å². The standard InChI is InChI=1S/C26H27N3O3S/c1-18(2)32-21-12-8-11-20(17-21)24(30)29-26(33)28-23-14-7-6-13-22(23)25(31)27-16-15-19-9-4-3-5-10-19/h3-14,17-18H,15-16H2,1-2H3,(H,27,31)(H2,28,29,30,33). The Balaban J connectivity index is 1.59. The van der Waals surface area contributed by atoms with Crippen molar-refractivity contribution in [3.05, 3.63) is 95.6 Å². The number of thiocarbonyl (C=S) groups is 1. The van der Waals surface area contributed by atoms with Gasteiger partial charge in [-0.25, -0.2) is 0 Å². The molecule has 0 bridgehead atoms. The molecule has 3 rings (SSSR count). The molecule has 0 radical (unpaired) electrons. The molecule has 0 saturated carbocycles. The van der Waals surface area contributed by atoms with E-state index in [0.717, 1.165) is 12.0 Å². The Morgan fingerprint density at radius 1 is 0.909 bits per heavy atom. The molecule has 6 nitrogen and oxygen atoms in total. The number of anilines is 1. The van der Waals surface area contributed by atoms with Gasteiger partial charge in [0.15, 0.2) is 5.11 Å². The molecule has 0 fully saturated rings. The number of rotatable bonds is 8. The summed E-state index contributed by atoms with van der Waals surface area (Å²) in [6, 6.07) is 23.8. The summed E-state index contributed by atoms with van der Waals surface area (Å²) in [5.74, 6) is 0.0160. The second-order valence-corrected chi connectivity index (χ2v) is 8.05. The Kier molecular flexibility index (Phi) is 8.55. The minimum absolute atomic E-state index is 0.00129. The molecular weight excluding hydrogens is 434 g/mol. The lowest BCUT2D eigenvalue weighted by Crippen LogP contribution is -2.35. The van der Waals surface area contributed by atoms with Gasteiger partial charge in [0.25, 0.3) is 11.8 Å². The Morgan fingerprint density at radius 3 is 2.39 bits per heavy atom. The SMILES string of the molecule is CC(C)Oc1cccc(C(=O)NC(=S)Nc2ccccc2C(=O)NCCc2ccccc2)c1. The Labute approximate surface area is 199 Å². The first-order valence-corrected chi connectivity index (χ1v) is 11.1. The first-order valence-electron chi connectivity index (χ1n) is 10.7. The zero-order valence-corrected chi connectivity index (χ0v) is 19.4. The highest BCUT2D eigenvalue weighted by molar-refractivity contribution is 7.80. The molecule has 7 heteroatoms. The van der Waals surface area contributed by atoms with E-state index in [9.17, 15) is 9.59 Å². The van der Waals surface area contributed by atoms with E-state index in [0.29, 0.717) is 29.1 Å². The Hall–Kier alpha value is -3.71. The van der Waals surface area contributed by atoms with Crippen molar-refractivity contribution in [2.75, 3.05) is 11.9 Å². The molecule has 0 unspecified atom stereocenters. The second-order valence-electron chi connectivity index (χ2n) is 7.64. The third kappa shape index (κ3) is 7.43. The van der Waals surface area contributed by atoms with E-state index in [-0.39, 0.29) is 23.0 Å². The van der Waals surface area contributed by atoms with Crippen molar-refractivity contribution in [2.45, 2.75) is 26.4 Å². The van der Waals surface area contributed by atoms with Gasteiger partial charge in [-0.15, -0.1) is 0 Å². The maximum absolute atomic E-state index is 12.7. The number of hydrogen-bond donors (Lipinski definition) is 3. The van der Waals surface area contributed by atoms with Gasteiger partial charge in [-0.1, -0.05) is 48.5 Å². The van der Waals surface area contributed by atoms with Crippen molar-refractivity contribution in [2.24, 2.45) is 0 Å². The first kappa shape index (κ1) is 23.9.